The molecule has 3 heteroatoms. The molecule has 0 aliphatic heterocycles. The molecule has 18 heavy (non-hydrogen) atoms. The van der Waals surface area contributed by atoms with Gasteiger partial charge >= 0.3 is 0 Å². The first-order chi connectivity index (χ1) is 8.88. The molecule has 0 heterocycles. The standard InChI is InChI=1S/C15H25NO2/c1-3-11-18-12-7-10-16-15(13-17-2)14-8-5-4-6-9-14/h4-6,8-9,15-16H,3,7,10-13H2,1-2H3. The lowest BCUT2D eigenvalue weighted by Crippen LogP contribution is -2.26. The molecule has 0 saturated heterocycles. The molecule has 1 atom stereocenters. The van der Waals surface area contributed by atoms with Crippen LogP contribution in [0.15, 0.2) is 30.3 Å². The second-order valence-corrected chi connectivity index (χ2v) is 4.34. The van der Waals surface area contributed by atoms with Crippen LogP contribution in [0.3, 0.4) is 0 Å². The van der Waals surface area contributed by atoms with Gasteiger partial charge in [-0.15, -0.1) is 0 Å². The molecule has 0 fully saturated rings. The molecule has 0 bridgehead atoms. The molecule has 0 aliphatic carbocycles. The highest BCUT2D eigenvalue weighted by molar-refractivity contribution is 5.18. The van der Waals surface area contributed by atoms with E-state index in [9.17, 15) is 0 Å². The van der Waals surface area contributed by atoms with E-state index in [4.69, 9.17) is 9.47 Å². The van der Waals surface area contributed by atoms with Crippen LogP contribution >= 0.6 is 0 Å². The molecular formula is C15H25NO2. The van der Waals surface area contributed by atoms with E-state index in [1.54, 1.807) is 7.11 Å². The fraction of sp³-hybridized carbons (Fsp3) is 0.600. The van der Waals surface area contributed by atoms with E-state index >= 15 is 0 Å². The molecule has 3 nitrogen and oxygen atoms in total. The Kier molecular flexibility index (Phi) is 8.47. The van der Waals surface area contributed by atoms with Gasteiger partial charge in [0.05, 0.1) is 12.6 Å². The van der Waals surface area contributed by atoms with Gasteiger partial charge in [-0.1, -0.05) is 37.3 Å². The molecule has 1 aromatic rings. The van der Waals surface area contributed by atoms with E-state index in [1.165, 1.54) is 5.56 Å². The van der Waals surface area contributed by atoms with E-state index in [0.29, 0.717) is 6.61 Å². The van der Waals surface area contributed by atoms with Gasteiger partial charge in [0.15, 0.2) is 0 Å². The van der Waals surface area contributed by atoms with Crippen molar-refractivity contribution in [2.24, 2.45) is 0 Å². The predicted molar refractivity (Wildman–Crippen MR) is 74.8 cm³/mol. The van der Waals surface area contributed by atoms with Crippen LogP contribution in [-0.2, 0) is 9.47 Å². The summed E-state index contributed by atoms with van der Waals surface area (Å²) in [6.07, 6.45) is 2.12. The zero-order chi connectivity index (χ0) is 13.1. The van der Waals surface area contributed by atoms with Crippen LogP contribution < -0.4 is 5.32 Å². The molecule has 0 saturated carbocycles. The molecule has 1 rings (SSSR count). The number of ether oxygens (including phenoxy) is 2. The summed E-state index contributed by atoms with van der Waals surface area (Å²) in [7, 11) is 1.74. The Morgan fingerprint density at radius 1 is 1.17 bits per heavy atom. The maximum atomic E-state index is 5.46. The zero-order valence-electron chi connectivity index (χ0n) is 11.5. The summed E-state index contributed by atoms with van der Waals surface area (Å²) < 4.78 is 10.7. The van der Waals surface area contributed by atoms with Crippen LogP contribution in [0.1, 0.15) is 31.4 Å². The first kappa shape index (κ1) is 15.2. The van der Waals surface area contributed by atoms with Gasteiger partial charge in [0, 0.05) is 20.3 Å². The fourth-order valence-corrected chi connectivity index (χ4v) is 1.82. The average molecular weight is 251 g/mol. The van der Waals surface area contributed by atoms with Crippen LogP contribution in [0.2, 0.25) is 0 Å². The van der Waals surface area contributed by atoms with Gasteiger partial charge in [-0.2, -0.15) is 0 Å². The summed E-state index contributed by atoms with van der Waals surface area (Å²) in [5, 5.41) is 3.51. The fourth-order valence-electron chi connectivity index (χ4n) is 1.82. The highest BCUT2D eigenvalue weighted by Gasteiger charge is 2.09. The summed E-state index contributed by atoms with van der Waals surface area (Å²) in [6, 6.07) is 10.7. The maximum Gasteiger partial charge on any atom is 0.0657 e. The Morgan fingerprint density at radius 2 is 1.94 bits per heavy atom. The Balaban J connectivity index is 2.26. The zero-order valence-corrected chi connectivity index (χ0v) is 11.5. The summed E-state index contributed by atoms with van der Waals surface area (Å²) in [5.41, 5.74) is 1.27. The molecular weight excluding hydrogens is 226 g/mol. The number of methoxy groups -OCH3 is 1. The third kappa shape index (κ3) is 6.15. The normalized spacial score (nSPS) is 12.6. The minimum absolute atomic E-state index is 0.266. The molecule has 0 spiro atoms. The molecule has 0 aliphatic rings. The van der Waals surface area contributed by atoms with Crippen LogP contribution in [0.25, 0.3) is 0 Å². The predicted octanol–water partition coefficient (Wildman–Crippen LogP) is 2.78. The van der Waals surface area contributed by atoms with Gasteiger partial charge < -0.3 is 14.8 Å². The molecule has 1 N–H and O–H groups in total. The van der Waals surface area contributed by atoms with Gasteiger partial charge in [0.1, 0.15) is 0 Å². The number of rotatable bonds is 10. The lowest BCUT2D eigenvalue weighted by atomic mass is 10.1. The maximum absolute atomic E-state index is 5.46. The van der Waals surface area contributed by atoms with Gasteiger partial charge in [-0.3, -0.25) is 0 Å². The Morgan fingerprint density at radius 3 is 2.61 bits per heavy atom. The third-order valence-electron chi connectivity index (χ3n) is 2.74. The highest BCUT2D eigenvalue weighted by Crippen LogP contribution is 2.12. The van der Waals surface area contributed by atoms with Crippen molar-refractivity contribution in [1.29, 1.82) is 0 Å². The number of hydrogen-bond donors (Lipinski definition) is 1. The lowest BCUT2D eigenvalue weighted by Gasteiger charge is -2.18. The highest BCUT2D eigenvalue weighted by atomic mass is 16.5. The molecule has 0 aromatic heterocycles. The van der Waals surface area contributed by atoms with Crippen LogP contribution in [-0.4, -0.2) is 33.5 Å². The van der Waals surface area contributed by atoms with Crippen LogP contribution in [0.4, 0.5) is 0 Å². The van der Waals surface area contributed by atoms with Crippen molar-refractivity contribution in [3.63, 3.8) is 0 Å². The minimum Gasteiger partial charge on any atom is -0.383 e. The van der Waals surface area contributed by atoms with Gasteiger partial charge in [0.2, 0.25) is 0 Å². The molecule has 0 amide bonds. The number of hydrogen-bond acceptors (Lipinski definition) is 3. The van der Waals surface area contributed by atoms with Crippen molar-refractivity contribution in [3.8, 4) is 0 Å². The Bertz CT molecular complexity index is 290. The van der Waals surface area contributed by atoms with Crippen molar-refractivity contribution < 1.29 is 9.47 Å². The Labute approximate surface area is 110 Å². The van der Waals surface area contributed by atoms with Crippen molar-refractivity contribution in [1.82, 2.24) is 5.32 Å². The minimum atomic E-state index is 0.266. The van der Waals surface area contributed by atoms with Gasteiger partial charge in [-0.25, -0.2) is 0 Å². The van der Waals surface area contributed by atoms with Crippen LogP contribution in [0, 0.1) is 0 Å². The second kappa shape index (κ2) is 10.1. The van der Waals surface area contributed by atoms with Crippen molar-refractivity contribution >= 4 is 0 Å². The molecule has 1 aromatic carbocycles. The largest absolute Gasteiger partial charge is 0.383 e. The lowest BCUT2D eigenvalue weighted by molar-refractivity contribution is 0.128. The van der Waals surface area contributed by atoms with Crippen molar-refractivity contribution in [2.45, 2.75) is 25.8 Å². The monoisotopic (exact) mass is 251 g/mol. The first-order valence-electron chi connectivity index (χ1n) is 6.73. The van der Waals surface area contributed by atoms with Gasteiger partial charge in [0.25, 0.3) is 0 Å². The average Bonchev–Trinajstić information content (AvgIpc) is 2.42. The SMILES string of the molecule is CCCOCCCNC(COC)c1ccccc1. The van der Waals surface area contributed by atoms with E-state index in [2.05, 4.69) is 36.5 Å². The van der Waals surface area contributed by atoms with E-state index in [1.807, 2.05) is 6.07 Å². The Hall–Kier alpha value is -0.900. The van der Waals surface area contributed by atoms with Crippen molar-refractivity contribution in [2.75, 3.05) is 33.5 Å². The van der Waals surface area contributed by atoms with Crippen molar-refractivity contribution in [3.05, 3.63) is 35.9 Å². The number of benzene rings is 1. The summed E-state index contributed by atoms with van der Waals surface area (Å²) in [4.78, 5) is 0. The van der Waals surface area contributed by atoms with E-state index in [0.717, 1.165) is 32.6 Å². The third-order valence-corrected chi connectivity index (χ3v) is 2.74. The van der Waals surface area contributed by atoms with Crippen LogP contribution in [0.5, 0.6) is 0 Å². The summed E-state index contributed by atoms with van der Waals surface area (Å²) in [6.45, 7) is 5.46. The summed E-state index contributed by atoms with van der Waals surface area (Å²) in [5.74, 6) is 0. The number of nitrogens with one attached hydrogen (secondary N) is 1. The van der Waals surface area contributed by atoms with E-state index in [-0.39, 0.29) is 6.04 Å². The van der Waals surface area contributed by atoms with Gasteiger partial charge in [-0.05, 0) is 24.9 Å². The quantitative estimate of drug-likeness (QED) is 0.649. The first-order valence-corrected chi connectivity index (χ1v) is 6.73. The summed E-state index contributed by atoms with van der Waals surface area (Å²) >= 11 is 0. The smallest absolute Gasteiger partial charge is 0.0657 e. The molecule has 0 radical (unpaired) electrons. The topological polar surface area (TPSA) is 30.5 Å². The van der Waals surface area contributed by atoms with E-state index < -0.39 is 0 Å². The second-order valence-electron chi connectivity index (χ2n) is 4.34. The molecule has 1 unspecified atom stereocenters. The molecule has 102 valence electrons.